The van der Waals surface area contributed by atoms with E-state index >= 15 is 0 Å². The fraction of sp³-hybridized carbons (Fsp3) is 0. The average molecular weight is 739 g/mol. The highest BCUT2D eigenvalue weighted by atomic mass is 15.1. The Hall–Kier alpha value is -7.68. The third-order valence-corrected chi connectivity index (χ3v) is 11.5. The van der Waals surface area contributed by atoms with Gasteiger partial charge in [-0.3, -0.25) is 0 Å². The zero-order chi connectivity index (χ0) is 38.4. The molecule has 0 radical (unpaired) electrons. The van der Waals surface area contributed by atoms with Crippen molar-refractivity contribution in [3.05, 3.63) is 231 Å². The Bertz CT molecular complexity index is 3270. The standard InChI is InChI=1S/C56H38N2/c1-3-14-39(15-4-1)44-19-11-23-49(37-44)57(48-33-30-41(31-34-48)45-29-28-40-16-7-8-18-43(40)36-45)50-24-12-20-46(38-50)51-26-13-27-54-55(51)53-35-32-42-17-9-10-25-52(42)56(53)58(54)47-21-5-2-6-22-47/h1-38H. The molecule has 0 N–H and O–H groups in total. The lowest BCUT2D eigenvalue weighted by Crippen LogP contribution is -2.10. The highest BCUT2D eigenvalue weighted by Gasteiger charge is 2.20. The molecule has 11 rings (SSSR count). The SMILES string of the molecule is c1ccc(-c2cccc(N(c3ccc(-c4ccc5ccccc5c4)cc3)c3cccc(-c4cccc5c4c4ccc6ccccc6c4n5-c4ccccc4)c3)c2)cc1. The molecule has 0 aliphatic carbocycles. The maximum atomic E-state index is 2.44. The van der Waals surface area contributed by atoms with E-state index < -0.39 is 0 Å². The summed E-state index contributed by atoms with van der Waals surface area (Å²) in [5.74, 6) is 0. The topological polar surface area (TPSA) is 8.17 Å². The first-order chi connectivity index (χ1) is 28.8. The molecule has 0 amide bonds. The second-order valence-electron chi connectivity index (χ2n) is 15.0. The smallest absolute Gasteiger partial charge is 0.0619 e. The van der Waals surface area contributed by atoms with E-state index in [0.29, 0.717) is 0 Å². The van der Waals surface area contributed by atoms with Gasteiger partial charge in [-0.2, -0.15) is 0 Å². The maximum Gasteiger partial charge on any atom is 0.0619 e. The molecule has 58 heavy (non-hydrogen) atoms. The van der Waals surface area contributed by atoms with Crippen LogP contribution in [0.5, 0.6) is 0 Å². The van der Waals surface area contributed by atoms with Gasteiger partial charge in [0, 0.05) is 38.9 Å². The quantitative estimate of drug-likeness (QED) is 0.158. The molecule has 0 aliphatic rings. The Morgan fingerprint density at radius 2 is 0.879 bits per heavy atom. The van der Waals surface area contributed by atoms with E-state index in [4.69, 9.17) is 0 Å². The number of hydrogen-bond acceptors (Lipinski definition) is 1. The van der Waals surface area contributed by atoms with E-state index in [2.05, 4.69) is 240 Å². The molecular formula is C56H38N2. The van der Waals surface area contributed by atoms with Crippen LogP contribution in [-0.4, -0.2) is 4.57 Å². The molecule has 0 saturated carbocycles. The predicted molar refractivity (Wildman–Crippen MR) is 247 cm³/mol. The summed E-state index contributed by atoms with van der Waals surface area (Å²) in [6.07, 6.45) is 0. The molecule has 272 valence electrons. The lowest BCUT2D eigenvalue weighted by molar-refractivity contribution is 1.19. The first kappa shape index (κ1) is 33.6. The number of fused-ring (bicyclic) bond motifs is 6. The first-order valence-corrected chi connectivity index (χ1v) is 19.9. The number of anilines is 3. The fourth-order valence-electron chi connectivity index (χ4n) is 8.80. The van der Waals surface area contributed by atoms with Gasteiger partial charge in [-0.25, -0.2) is 0 Å². The molecule has 2 heteroatoms. The van der Waals surface area contributed by atoms with Crippen molar-refractivity contribution in [1.82, 2.24) is 4.57 Å². The third-order valence-electron chi connectivity index (χ3n) is 11.5. The van der Waals surface area contributed by atoms with Gasteiger partial charge in [0.25, 0.3) is 0 Å². The first-order valence-electron chi connectivity index (χ1n) is 19.9. The van der Waals surface area contributed by atoms with Crippen molar-refractivity contribution in [3.8, 4) is 39.1 Å². The van der Waals surface area contributed by atoms with Gasteiger partial charge in [0.2, 0.25) is 0 Å². The lowest BCUT2D eigenvalue weighted by atomic mass is 9.97. The zero-order valence-electron chi connectivity index (χ0n) is 31.8. The third kappa shape index (κ3) is 5.82. The molecule has 1 aromatic heterocycles. The molecule has 11 aromatic rings. The summed E-state index contributed by atoms with van der Waals surface area (Å²) in [5, 5.41) is 7.48. The van der Waals surface area contributed by atoms with Crippen LogP contribution in [0.1, 0.15) is 0 Å². The van der Waals surface area contributed by atoms with E-state index in [1.165, 1.54) is 76.7 Å². The molecule has 0 fully saturated rings. The van der Waals surface area contributed by atoms with E-state index in [-0.39, 0.29) is 0 Å². The minimum absolute atomic E-state index is 1.09. The van der Waals surface area contributed by atoms with Crippen LogP contribution >= 0.6 is 0 Å². The number of hydrogen-bond donors (Lipinski definition) is 0. The predicted octanol–water partition coefficient (Wildman–Crippen LogP) is 15.6. The highest BCUT2D eigenvalue weighted by molar-refractivity contribution is 6.22. The Balaban J connectivity index is 1.09. The molecule has 10 aromatic carbocycles. The summed E-state index contributed by atoms with van der Waals surface area (Å²) >= 11 is 0. The number of para-hydroxylation sites is 1. The molecule has 0 atom stereocenters. The van der Waals surface area contributed by atoms with Crippen LogP contribution in [0.3, 0.4) is 0 Å². The Kier molecular flexibility index (Phi) is 8.19. The number of aromatic nitrogens is 1. The molecule has 0 unspecified atom stereocenters. The molecule has 0 spiro atoms. The van der Waals surface area contributed by atoms with Gasteiger partial charge in [-0.1, -0.05) is 170 Å². The van der Waals surface area contributed by atoms with Crippen molar-refractivity contribution in [2.45, 2.75) is 0 Å². The van der Waals surface area contributed by atoms with Crippen molar-refractivity contribution in [2.75, 3.05) is 4.90 Å². The van der Waals surface area contributed by atoms with Crippen molar-refractivity contribution >= 4 is 60.4 Å². The monoisotopic (exact) mass is 738 g/mol. The minimum Gasteiger partial charge on any atom is -0.310 e. The summed E-state index contributed by atoms with van der Waals surface area (Å²) in [7, 11) is 0. The van der Waals surface area contributed by atoms with E-state index in [1.807, 2.05) is 0 Å². The van der Waals surface area contributed by atoms with E-state index in [1.54, 1.807) is 0 Å². The Morgan fingerprint density at radius 1 is 0.310 bits per heavy atom. The summed E-state index contributed by atoms with van der Waals surface area (Å²) in [4.78, 5) is 2.39. The van der Waals surface area contributed by atoms with Crippen molar-refractivity contribution in [1.29, 1.82) is 0 Å². The van der Waals surface area contributed by atoms with Gasteiger partial charge in [0.05, 0.1) is 11.0 Å². The van der Waals surface area contributed by atoms with Gasteiger partial charge in [0.1, 0.15) is 0 Å². The highest BCUT2D eigenvalue weighted by Crippen LogP contribution is 2.44. The van der Waals surface area contributed by atoms with Crippen molar-refractivity contribution in [2.24, 2.45) is 0 Å². The summed E-state index contributed by atoms with van der Waals surface area (Å²) in [6.45, 7) is 0. The van der Waals surface area contributed by atoms with Crippen LogP contribution in [-0.2, 0) is 0 Å². The average Bonchev–Trinajstić information content (AvgIpc) is 3.65. The molecule has 1 heterocycles. The van der Waals surface area contributed by atoms with Crippen LogP contribution in [0, 0.1) is 0 Å². The minimum atomic E-state index is 1.09. The maximum absolute atomic E-state index is 2.44. The largest absolute Gasteiger partial charge is 0.310 e. The van der Waals surface area contributed by atoms with Gasteiger partial charge in [0.15, 0.2) is 0 Å². The summed E-state index contributed by atoms with van der Waals surface area (Å²) < 4.78 is 2.44. The van der Waals surface area contributed by atoms with E-state index in [9.17, 15) is 0 Å². The summed E-state index contributed by atoms with van der Waals surface area (Å²) in [6, 6.07) is 83.7. The van der Waals surface area contributed by atoms with Crippen molar-refractivity contribution in [3.63, 3.8) is 0 Å². The number of rotatable bonds is 7. The normalized spacial score (nSPS) is 11.4. The van der Waals surface area contributed by atoms with Crippen LogP contribution < -0.4 is 4.90 Å². The fourth-order valence-corrected chi connectivity index (χ4v) is 8.80. The Labute approximate surface area is 338 Å². The van der Waals surface area contributed by atoms with Crippen LogP contribution in [0.2, 0.25) is 0 Å². The van der Waals surface area contributed by atoms with Crippen LogP contribution in [0.4, 0.5) is 17.1 Å². The molecular weight excluding hydrogens is 701 g/mol. The second kappa shape index (κ2) is 14.1. The Morgan fingerprint density at radius 3 is 1.67 bits per heavy atom. The molecule has 0 aliphatic heterocycles. The van der Waals surface area contributed by atoms with Crippen LogP contribution in [0.25, 0.3) is 82.4 Å². The second-order valence-corrected chi connectivity index (χ2v) is 15.0. The van der Waals surface area contributed by atoms with Crippen molar-refractivity contribution < 1.29 is 0 Å². The van der Waals surface area contributed by atoms with Gasteiger partial charge in [-0.05, 0) is 110 Å². The number of benzene rings is 10. The molecule has 0 saturated heterocycles. The van der Waals surface area contributed by atoms with Gasteiger partial charge < -0.3 is 9.47 Å². The number of nitrogens with zero attached hydrogens (tertiary/aromatic N) is 2. The van der Waals surface area contributed by atoms with Gasteiger partial charge in [-0.15, -0.1) is 0 Å². The van der Waals surface area contributed by atoms with Gasteiger partial charge >= 0.3 is 0 Å². The van der Waals surface area contributed by atoms with E-state index in [0.717, 1.165) is 22.7 Å². The van der Waals surface area contributed by atoms with Crippen LogP contribution in [0.15, 0.2) is 231 Å². The molecule has 2 nitrogen and oxygen atoms in total. The lowest BCUT2D eigenvalue weighted by Gasteiger charge is -2.27. The summed E-state index contributed by atoms with van der Waals surface area (Å²) in [5.41, 5.74) is 14.0. The zero-order valence-corrected chi connectivity index (χ0v) is 31.8. The molecule has 0 bridgehead atoms.